The number of guanidine groups is 2. The van der Waals surface area contributed by atoms with E-state index < -0.39 is 72.5 Å². The van der Waals surface area contributed by atoms with Crippen LogP contribution in [0.3, 0.4) is 0 Å². The average Bonchev–Trinajstić information content (AvgIpc) is 2.80. The Hall–Kier alpha value is -4.68. The Balaban J connectivity index is 5.67. The largest absolute Gasteiger partial charge is 0.480 e. The lowest BCUT2D eigenvalue weighted by molar-refractivity contribution is -0.142. The van der Waals surface area contributed by atoms with Gasteiger partial charge in [0, 0.05) is 13.1 Å². The van der Waals surface area contributed by atoms with E-state index in [9.17, 15) is 33.9 Å². The monoisotopic (exact) mass is 558 g/mol. The number of aliphatic imine (C=N–C) groups is 2. The molecule has 18 N–H and O–H groups in total. The number of carbonyl (C=O) groups is 6. The molecule has 0 saturated heterocycles. The SMILES string of the molecule is NC(=O)CC(N)C(=O)NC(CC(N)=O)C(=O)NC(CCCN=C(N)N)C(=O)NC(CCCN=C(N)N)C(=O)O. The van der Waals surface area contributed by atoms with Gasteiger partial charge in [-0.2, -0.15) is 0 Å². The van der Waals surface area contributed by atoms with E-state index in [0.717, 1.165) is 0 Å². The highest BCUT2D eigenvalue weighted by atomic mass is 16.4. The van der Waals surface area contributed by atoms with E-state index in [4.69, 9.17) is 40.1 Å². The summed E-state index contributed by atoms with van der Waals surface area (Å²) in [7, 11) is 0. The van der Waals surface area contributed by atoms with Crippen molar-refractivity contribution in [1.82, 2.24) is 16.0 Å². The van der Waals surface area contributed by atoms with Crippen molar-refractivity contribution < 1.29 is 33.9 Å². The number of aliphatic carboxylic acids is 1. The van der Waals surface area contributed by atoms with Gasteiger partial charge in [0.1, 0.15) is 18.1 Å². The molecular weight excluding hydrogens is 520 g/mol. The maximum absolute atomic E-state index is 13.0. The molecule has 0 aromatic heterocycles. The number of carbonyl (C=O) groups excluding carboxylic acids is 5. The lowest BCUT2D eigenvalue weighted by Gasteiger charge is -2.24. The van der Waals surface area contributed by atoms with Crippen molar-refractivity contribution in [2.24, 2.45) is 50.1 Å². The summed E-state index contributed by atoms with van der Waals surface area (Å²) in [6, 6.07) is -5.68. The van der Waals surface area contributed by atoms with Gasteiger partial charge < -0.3 is 61.2 Å². The molecule has 19 heteroatoms. The Bertz CT molecular complexity index is 947. The highest BCUT2D eigenvalue weighted by Crippen LogP contribution is 2.05. The molecule has 39 heavy (non-hydrogen) atoms. The van der Waals surface area contributed by atoms with Crippen LogP contribution in [0.15, 0.2) is 9.98 Å². The topological polar surface area (TPSA) is 366 Å². The smallest absolute Gasteiger partial charge is 0.326 e. The minimum atomic E-state index is -1.57. The van der Waals surface area contributed by atoms with Crippen LogP contribution in [-0.4, -0.2) is 89.8 Å². The predicted octanol–water partition coefficient (Wildman–Crippen LogP) is -6.29. The Labute approximate surface area is 223 Å². The number of primary amides is 2. The van der Waals surface area contributed by atoms with Crippen LogP contribution in [0.5, 0.6) is 0 Å². The average molecular weight is 559 g/mol. The van der Waals surface area contributed by atoms with Crippen molar-refractivity contribution in [1.29, 1.82) is 0 Å². The summed E-state index contributed by atoms with van der Waals surface area (Å²) in [5, 5.41) is 16.4. The molecule has 0 saturated carbocycles. The van der Waals surface area contributed by atoms with Gasteiger partial charge >= 0.3 is 5.97 Å². The standard InChI is InChI=1S/C20H38N12O7/c21-9(7-13(22)33)15(35)32-12(8-14(23)34)17(37)30-10(3-1-5-28-19(24)25)16(36)31-11(18(38)39)4-2-6-29-20(26)27/h9-12H,1-8,21H2,(H2,22,33)(H2,23,34)(H,30,37)(H,31,36)(H,32,35)(H,38,39)(H4,24,25,28)(H4,26,27,29). The fourth-order valence-corrected chi connectivity index (χ4v) is 3.08. The van der Waals surface area contributed by atoms with Crippen LogP contribution in [-0.2, 0) is 28.8 Å². The number of hydrogen-bond donors (Lipinski definition) is 11. The molecule has 0 spiro atoms. The first-order valence-corrected chi connectivity index (χ1v) is 11.7. The van der Waals surface area contributed by atoms with Gasteiger partial charge in [0.25, 0.3) is 0 Å². The first-order chi connectivity index (χ1) is 18.1. The number of hydrogen-bond acceptors (Lipinski definition) is 9. The van der Waals surface area contributed by atoms with Crippen LogP contribution in [0.25, 0.3) is 0 Å². The van der Waals surface area contributed by atoms with E-state index in [1.165, 1.54) is 0 Å². The van der Waals surface area contributed by atoms with Gasteiger partial charge in [-0.05, 0) is 25.7 Å². The molecule has 0 aromatic rings. The quantitative estimate of drug-likeness (QED) is 0.0400. The molecular formula is C20H38N12O7. The van der Waals surface area contributed by atoms with E-state index in [0.29, 0.717) is 0 Å². The van der Waals surface area contributed by atoms with E-state index in [1.807, 2.05) is 0 Å². The Morgan fingerprint density at radius 3 is 1.46 bits per heavy atom. The number of rotatable bonds is 19. The summed E-state index contributed by atoms with van der Waals surface area (Å²) in [6.07, 6.45) is -0.917. The van der Waals surface area contributed by atoms with Gasteiger partial charge in [-0.25, -0.2) is 4.79 Å². The van der Waals surface area contributed by atoms with Crippen LogP contribution >= 0.6 is 0 Å². The fourth-order valence-electron chi connectivity index (χ4n) is 3.08. The summed E-state index contributed by atoms with van der Waals surface area (Å²) >= 11 is 0. The normalized spacial score (nSPS) is 13.5. The predicted molar refractivity (Wildman–Crippen MR) is 139 cm³/mol. The van der Waals surface area contributed by atoms with E-state index in [-0.39, 0.29) is 50.7 Å². The van der Waals surface area contributed by atoms with Crippen LogP contribution in [0, 0.1) is 0 Å². The molecule has 0 aromatic carbocycles. The maximum atomic E-state index is 13.0. The van der Waals surface area contributed by atoms with Crippen molar-refractivity contribution in [2.75, 3.05) is 13.1 Å². The number of carboxylic acids is 1. The highest BCUT2D eigenvalue weighted by Gasteiger charge is 2.31. The third kappa shape index (κ3) is 15.9. The van der Waals surface area contributed by atoms with Crippen molar-refractivity contribution >= 4 is 47.4 Å². The third-order valence-corrected chi connectivity index (χ3v) is 4.93. The Kier molecular flexibility index (Phi) is 15.6. The minimum absolute atomic E-state index is 0.0371. The van der Waals surface area contributed by atoms with Crippen LogP contribution in [0.4, 0.5) is 0 Å². The van der Waals surface area contributed by atoms with Gasteiger partial charge in [-0.1, -0.05) is 0 Å². The molecule has 0 heterocycles. The molecule has 220 valence electrons. The number of nitrogens with zero attached hydrogens (tertiary/aromatic N) is 2. The molecule has 4 atom stereocenters. The highest BCUT2D eigenvalue weighted by molar-refractivity contribution is 5.96. The van der Waals surface area contributed by atoms with Gasteiger partial charge in [0.05, 0.1) is 18.9 Å². The second kappa shape index (κ2) is 17.7. The van der Waals surface area contributed by atoms with Crippen molar-refractivity contribution in [3.8, 4) is 0 Å². The molecule has 0 rings (SSSR count). The van der Waals surface area contributed by atoms with Gasteiger partial charge in [-0.3, -0.25) is 34.0 Å². The molecule has 5 amide bonds. The van der Waals surface area contributed by atoms with Gasteiger partial charge in [0.15, 0.2) is 11.9 Å². The number of carboxylic acid groups (broad SMARTS) is 1. The van der Waals surface area contributed by atoms with Crippen molar-refractivity contribution in [3.05, 3.63) is 0 Å². The third-order valence-electron chi connectivity index (χ3n) is 4.93. The second-order valence-corrected chi connectivity index (χ2v) is 8.37. The number of nitrogens with two attached hydrogens (primary N) is 7. The Morgan fingerprint density at radius 1 is 0.615 bits per heavy atom. The van der Waals surface area contributed by atoms with Crippen molar-refractivity contribution in [2.45, 2.75) is 62.7 Å². The van der Waals surface area contributed by atoms with E-state index in [1.54, 1.807) is 0 Å². The first-order valence-electron chi connectivity index (χ1n) is 11.7. The summed E-state index contributed by atoms with van der Waals surface area (Å²) in [5.74, 6) is -6.44. The number of amides is 5. The minimum Gasteiger partial charge on any atom is -0.480 e. The summed E-state index contributed by atoms with van der Waals surface area (Å²) in [6.45, 7) is 0.194. The molecule has 0 bridgehead atoms. The molecule has 0 fully saturated rings. The zero-order valence-electron chi connectivity index (χ0n) is 21.3. The zero-order valence-corrected chi connectivity index (χ0v) is 21.3. The fraction of sp³-hybridized carbons (Fsp3) is 0.600. The lowest BCUT2D eigenvalue weighted by atomic mass is 10.1. The van der Waals surface area contributed by atoms with Crippen LogP contribution in [0.1, 0.15) is 38.5 Å². The summed E-state index contributed by atoms with van der Waals surface area (Å²) in [4.78, 5) is 79.9. The zero-order chi connectivity index (χ0) is 30.1. The second-order valence-electron chi connectivity index (χ2n) is 8.37. The van der Waals surface area contributed by atoms with E-state index in [2.05, 4.69) is 25.9 Å². The van der Waals surface area contributed by atoms with Crippen LogP contribution in [0.2, 0.25) is 0 Å². The van der Waals surface area contributed by atoms with Gasteiger partial charge in [0.2, 0.25) is 29.5 Å². The molecule has 0 aliphatic heterocycles. The molecule has 0 radical (unpaired) electrons. The molecule has 0 aliphatic carbocycles. The lowest BCUT2D eigenvalue weighted by Crippen LogP contribution is -2.58. The number of nitrogens with one attached hydrogen (secondary N) is 3. The Morgan fingerprint density at radius 2 is 1.03 bits per heavy atom. The van der Waals surface area contributed by atoms with Gasteiger partial charge in [-0.15, -0.1) is 0 Å². The molecule has 4 unspecified atom stereocenters. The molecule has 19 nitrogen and oxygen atoms in total. The van der Waals surface area contributed by atoms with E-state index >= 15 is 0 Å². The molecule has 0 aliphatic rings. The summed E-state index contributed by atoms with van der Waals surface area (Å²) < 4.78 is 0. The maximum Gasteiger partial charge on any atom is 0.326 e. The first kappa shape index (κ1) is 34.3. The van der Waals surface area contributed by atoms with Crippen molar-refractivity contribution in [3.63, 3.8) is 0 Å². The summed E-state index contributed by atoms with van der Waals surface area (Å²) in [5.41, 5.74) is 36.8. The van der Waals surface area contributed by atoms with Crippen LogP contribution < -0.4 is 56.1 Å².